The first-order valence-corrected chi connectivity index (χ1v) is 7.74. The molecular weight excluding hydrogens is 266 g/mol. The summed E-state index contributed by atoms with van der Waals surface area (Å²) in [5.74, 6) is 0. The molecule has 21 heavy (non-hydrogen) atoms. The van der Waals surface area contributed by atoms with Crippen molar-refractivity contribution in [1.29, 1.82) is 0 Å². The molecule has 0 saturated carbocycles. The fourth-order valence-electron chi connectivity index (χ4n) is 3.64. The van der Waals surface area contributed by atoms with Crippen molar-refractivity contribution in [3.05, 3.63) is 23.5 Å². The van der Waals surface area contributed by atoms with Crippen molar-refractivity contribution in [1.82, 2.24) is 4.98 Å². The van der Waals surface area contributed by atoms with E-state index >= 15 is 0 Å². The molecule has 0 unspecified atom stereocenters. The van der Waals surface area contributed by atoms with Gasteiger partial charge in [0.25, 0.3) is 0 Å². The summed E-state index contributed by atoms with van der Waals surface area (Å²) in [5, 5.41) is 9.49. The first kappa shape index (κ1) is 14.8. The number of aliphatic hydroxyl groups excluding tert-OH is 1. The van der Waals surface area contributed by atoms with Crippen LogP contribution in [0.1, 0.15) is 31.0 Å². The summed E-state index contributed by atoms with van der Waals surface area (Å²) in [6, 6.07) is 2.25. The molecule has 5 nitrogen and oxygen atoms in total. The van der Waals surface area contributed by atoms with Gasteiger partial charge in [-0.1, -0.05) is 0 Å². The van der Waals surface area contributed by atoms with E-state index < -0.39 is 0 Å². The molecule has 0 bridgehead atoms. The van der Waals surface area contributed by atoms with E-state index in [1.807, 2.05) is 13.1 Å². The summed E-state index contributed by atoms with van der Waals surface area (Å²) >= 11 is 0. The van der Waals surface area contributed by atoms with Gasteiger partial charge in [-0.2, -0.15) is 0 Å². The molecule has 3 N–H and O–H groups in total. The van der Waals surface area contributed by atoms with Crippen molar-refractivity contribution in [3.8, 4) is 0 Å². The average Bonchev–Trinajstić information content (AvgIpc) is 2.77. The number of ether oxygens (including phenoxy) is 1. The van der Waals surface area contributed by atoms with Crippen LogP contribution in [0.2, 0.25) is 0 Å². The molecular formula is C16H25N3O2. The van der Waals surface area contributed by atoms with Crippen molar-refractivity contribution in [3.63, 3.8) is 0 Å². The monoisotopic (exact) mass is 291 g/mol. The minimum Gasteiger partial charge on any atom is -0.390 e. The highest BCUT2D eigenvalue weighted by Gasteiger charge is 2.47. The fraction of sp³-hybridized carbons (Fsp3) is 0.688. The maximum atomic E-state index is 9.49. The maximum Gasteiger partial charge on any atom is 0.0891 e. The molecule has 1 spiro atoms. The lowest BCUT2D eigenvalue weighted by atomic mass is 9.73. The molecule has 0 radical (unpaired) electrons. The number of piperidine rings is 1. The number of hydrogen-bond donors (Lipinski definition) is 2. The summed E-state index contributed by atoms with van der Waals surface area (Å²) in [5.41, 5.74) is 9.43. The van der Waals surface area contributed by atoms with Gasteiger partial charge >= 0.3 is 0 Å². The molecule has 3 rings (SSSR count). The van der Waals surface area contributed by atoms with E-state index in [2.05, 4.69) is 22.9 Å². The highest BCUT2D eigenvalue weighted by atomic mass is 16.5. The Morgan fingerprint density at radius 1 is 1.48 bits per heavy atom. The van der Waals surface area contributed by atoms with Crippen LogP contribution in [0.3, 0.4) is 0 Å². The lowest BCUT2D eigenvalue weighted by molar-refractivity contribution is 0.0974. The fourth-order valence-corrected chi connectivity index (χ4v) is 3.64. The van der Waals surface area contributed by atoms with Crippen LogP contribution in [0.4, 0.5) is 5.69 Å². The standard InChI is InChI=1S/C16H25N3O2/c1-11-7-14(13(9-20)18-8-11)19-5-3-16(4-6-19)10-21-12(2)15(16)17/h7-8,12,15,20H,3-6,9-10,17H2,1-2H3/t12-,15+/m0/s1. The molecule has 0 aliphatic carbocycles. The van der Waals surface area contributed by atoms with Crippen molar-refractivity contribution in [2.24, 2.45) is 11.1 Å². The SMILES string of the molecule is Cc1cnc(CO)c(N2CCC3(CC2)CO[C@@H](C)[C@H]3N)c1. The summed E-state index contributed by atoms with van der Waals surface area (Å²) in [6.07, 6.45) is 4.04. The zero-order valence-electron chi connectivity index (χ0n) is 12.9. The van der Waals surface area contributed by atoms with Gasteiger partial charge in [0.15, 0.2) is 0 Å². The van der Waals surface area contributed by atoms with E-state index in [1.165, 1.54) is 0 Å². The number of aliphatic hydroxyl groups is 1. The minimum atomic E-state index is -0.0169. The zero-order chi connectivity index (χ0) is 15.0. The Morgan fingerprint density at radius 2 is 2.19 bits per heavy atom. The van der Waals surface area contributed by atoms with E-state index in [9.17, 15) is 5.11 Å². The van der Waals surface area contributed by atoms with Gasteiger partial charge in [0.05, 0.1) is 30.7 Å². The summed E-state index contributed by atoms with van der Waals surface area (Å²) in [4.78, 5) is 6.67. The topological polar surface area (TPSA) is 71.6 Å². The molecule has 2 atom stereocenters. The van der Waals surface area contributed by atoms with Gasteiger partial charge < -0.3 is 20.5 Å². The van der Waals surface area contributed by atoms with Crippen molar-refractivity contribution in [2.75, 3.05) is 24.6 Å². The van der Waals surface area contributed by atoms with Gasteiger partial charge in [0, 0.05) is 30.7 Å². The average molecular weight is 291 g/mol. The smallest absolute Gasteiger partial charge is 0.0891 e. The Bertz CT molecular complexity index is 512. The summed E-state index contributed by atoms with van der Waals surface area (Å²) in [7, 11) is 0. The quantitative estimate of drug-likeness (QED) is 0.857. The Hall–Kier alpha value is -1.17. The normalized spacial score (nSPS) is 28.3. The molecule has 116 valence electrons. The van der Waals surface area contributed by atoms with Crippen LogP contribution in [0.25, 0.3) is 0 Å². The zero-order valence-corrected chi connectivity index (χ0v) is 12.9. The predicted octanol–water partition coefficient (Wildman–Crippen LogP) is 1.21. The van der Waals surface area contributed by atoms with Crippen LogP contribution >= 0.6 is 0 Å². The molecule has 2 saturated heterocycles. The van der Waals surface area contributed by atoms with Crippen LogP contribution in [-0.2, 0) is 11.3 Å². The third-order valence-electron chi connectivity index (χ3n) is 5.18. The third kappa shape index (κ3) is 2.54. The van der Waals surface area contributed by atoms with E-state index in [-0.39, 0.29) is 24.2 Å². The number of anilines is 1. The number of rotatable bonds is 2. The number of aryl methyl sites for hydroxylation is 1. The highest BCUT2D eigenvalue weighted by Crippen LogP contribution is 2.42. The van der Waals surface area contributed by atoms with E-state index in [4.69, 9.17) is 10.5 Å². The minimum absolute atomic E-state index is 0.0169. The number of nitrogens with zero attached hydrogens (tertiary/aromatic N) is 2. The Balaban J connectivity index is 1.76. The van der Waals surface area contributed by atoms with Crippen LogP contribution in [0, 0.1) is 12.3 Å². The van der Waals surface area contributed by atoms with Crippen LogP contribution in [-0.4, -0.2) is 41.9 Å². The van der Waals surface area contributed by atoms with Crippen LogP contribution < -0.4 is 10.6 Å². The lowest BCUT2D eigenvalue weighted by Gasteiger charge is -2.42. The molecule has 2 fully saturated rings. The van der Waals surface area contributed by atoms with Gasteiger partial charge in [-0.15, -0.1) is 0 Å². The Kier molecular flexibility index (Phi) is 3.90. The molecule has 0 aromatic carbocycles. The van der Waals surface area contributed by atoms with Crippen LogP contribution in [0.5, 0.6) is 0 Å². The summed E-state index contributed by atoms with van der Waals surface area (Å²) in [6.45, 7) is 6.76. The second-order valence-corrected chi connectivity index (χ2v) is 6.53. The molecule has 1 aromatic heterocycles. The molecule has 1 aromatic rings. The van der Waals surface area contributed by atoms with Crippen molar-refractivity contribution < 1.29 is 9.84 Å². The molecule has 0 amide bonds. The second kappa shape index (κ2) is 5.55. The Morgan fingerprint density at radius 3 is 2.76 bits per heavy atom. The first-order chi connectivity index (χ1) is 10.1. The Labute approximate surface area is 126 Å². The van der Waals surface area contributed by atoms with Gasteiger partial charge in [0.1, 0.15) is 0 Å². The summed E-state index contributed by atoms with van der Waals surface area (Å²) < 4.78 is 5.77. The van der Waals surface area contributed by atoms with Gasteiger partial charge in [-0.25, -0.2) is 0 Å². The van der Waals surface area contributed by atoms with Crippen molar-refractivity contribution in [2.45, 2.75) is 45.4 Å². The molecule has 2 aliphatic rings. The number of pyridine rings is 1. The molecule has 5 heteroatoms. The van der Waals surface area contributed by atoms with E-state index in [0.717, 1.165) is 49.5 Å². The first-order valence-electron chi connectivity index (χ1n) is 7.74. The van der Waals surface area contributed by atoms with Gasteiger partial charge in [0.2, 0.25) is 0 Å². The van der Waals surface area contributed by atoms with Gasteiger partial charge in [-0.3, -0.25) is 4.98 Å². The van der Waals surface area contributed by atoms with E-state index in [1.54, 1.807) is 0 Å². The predicted molar refractivity (Wildman–Crippen MR) is 82.2 cm³/mol. The molecule has 2 aliphatic heterocycles. The number of hydrogen-bond acceptors (Lipinski definition) is 5. The van der Waals surface area contributed by atoms with Crippen molar-refractivity contribution >= 4 is 5.69 Å². The highest BCUT2D eigenvalue weighted by molar-refractivity contribution is 5.52. The van der Waals surface area contributed by atoms with Gasteiger partial charge in [-0.05, 0) is 38.3 Å². The van der Waals surface area contributed by atoms with Crippen LogP contribution in [0.15, 0.2) is 12.3 Å². The maximum absolute atomic E-state index is 9.49. The lowest BCUT2D eigenvalue weighted by Crippen LogP contribution is -2.50. The van der Waals surface area contributed by atoms with E-state index in [0.29, 0.717) is 0 Å². The number of nitrogens with two attached hydrogens (primary N) is 1. The number of aromatic nitrogens is 1. The second-order valence-electron chi connectivity index (χ2n) is 6.53. The molecule has 3 heterocycles. The third-order valence-corrected chi connectivity index (χ3v) is 5.18. The largest absolute Gasteiger partial charge is 0.390 e.